The van der Waals surface area contributed by atoms with Gasteiger partial charge in [-0.15, -0.1) is 0 Å². The van der Waals surface area contributed by atoms with Gasteiger partial charge in [0.1, 0.15) is 0 Å². The molecule has 2 heteroatoms. The summed E-state index contributed by atoms with van der Waals surface area (Å²) in [5, 5.41) is 9.78. The van der Waals surface area contributed by atoms with E-state index < -0.39 is 0 Å². The van der Waals surface area contributed by atoms with Gasteiger partial charge in [0.05, 0.1) is 18.3 Å². The van der Waals surface area contributed by atoms with Crippen LogP contribution in [0.1, 0.15) is 30.4 Å². The van der Waals surface area contributed by atoms with Gasteiger partial charge in [0.25, 0.3) is 0 Å². The van der Waals surface area contributed by atoms with Gasteiger partial charge >= 0.3 is 0 Å². The number of hydrogen-bond donors (Lipinski definition) is 1. The van der Waals surface area contributed by atoms with Crippen LogP contribution < -0.4 is 0 Å². The van der Waals surface area contributed by atoms with E-state index in [0.29, 0.717) is 6.61 Å². The molecule has 15 heavy (non-hydrogen) atoms. The normalized spacial score (nSPS) is 34.3. The number of fused-ring (bicyclic) bond motifs is 2. The van der Waals surface area contributed by atoms with Crippen molar-refractivity contribution in [1.29, 1.82) is 0 Å². The molecule has 2 aliphatic rings. The third-order valence-corrected chi connectivity index (χ3v) is 3.70. The zero-order valence-corrected chi connectivity index (χ0v) is 8.78. The molecular formula is C13H16O2. The van der Waals surface area contributed by atoms with E-state index in [1.54, 1.807) is 0 Å². The first-order valence-corrected chi connectivity index (χ1v) is 5.71. The van der Waals surface area contributed by atoms with Crippen LogP contribution in [-0.2, 0) is 16.8 Å². The SMILES string of the molecule is OC1CCOC2(CCc3ccccc32)C1. The third kappa shape index (κ3) is 1.40. The van der Waals surface area contributed by atoms with Crippen LogP contribution >= 0.6 is 0 Å². The number of aliphatic hydroxyl groups is 1. The van der Waals surface area contributed by atoms with Crippen molar-refractivity contribution < 1.29 is 9.84 Å². The lowest BCUT2D eigenvalue weighted by Gasteiger charge is -2.37. The minimum absolute atomic E-state index is 0.172. The Balaban J connectivity index is 2.00. The van der Waals surface area contributed by atoms with Crippen molar-refractivity contribution in [2.75, 3.05) is 6.61 Å². The van der Waals surface area contributed by atoms with Crippen molar-refractivity contribution in [3.63, 3.8) is 0 Å². The Kier molecular flexibility index (Phi) is 2.08. The number of benzene rings is 1. The van der Waals surface area contributed by atoms with E-state index in [9.17, 15) is 5.11 Å². The fraction of sp³-hybridized carbons (Fsp3) is 0.538. The Hall–Kier alpha value is -0.860. The summed E-state index contributed by atoms with van der Waals surface area (Å²) in [7, 11) is 0. The Morgan fingerprint density at radius 3 is 3.07 bits per heavy atom. The monoisotopic (exact) mass is 204 g/mol. The maximum absolute atomic E-state index is 9.78. The smallest absolute Gasteiger partial charge is 0.0961 e. The molecule has 0 aromatic heterocycles. The highest BCUT2D eigenvalue weighted by molar-refractivity contribution is 5.37. The summed E-state index contributed by atoms with van der Waals surface area (Å²) in [6, 6.07) is 8.47. The van der Waals surface area contributed by atoms with E-state index in [0.717, 1.165) is 25.7 Å². The summed E-state index contributed by atoms with van der Waals surface area (Å²) in [4.78, 5) is 0. The molecule has 80 valence electrons. The second kappa shape index (κ2) is 3.32. The van der Waals surface area contributed by atoms with Gasteiger partial charge in [-0.05, 0) is 30.4 Å². The number of aliphatic hydroxyl groups excluding tert-OH is 1. The van der Waals surface area contributed by atoms with Crippen molar-refractivity contribution in [2.24, 2.45) is 0 Å². The third-order valence-electron chi connectivity index (χ3n) is 3.70. The van der Waals surface area contributed by atoms with Crippen LogP contribution in [-0.4, -0.2) is 17.8 Å². The van der Waals surface area contributed by atoms with Gasteiger partial charge in [0.15, 0.2) is 0 Å². The molecule has 0 amide bonds. The van der Waals surface area contributed by atoms with Crippen molar-refractivity contribution in [1.82, 2.24) is 0 Å². The first-order valence-electron chi connectivity index (χ1n) is 5.71. The molecule has 0 radical (unpaired) electrons. The Bertz CT molecular complexity index is 371. The molecule has 1 spiro atoms. The predicted molar refractivity (Wildman–Crippen MR) is 57.6 cm³/mol. The molecule has 1 heterocycles. The average molecular weight is 204 g/mol. The lowest BCUT2D eigenvalue weighted by Crippen LogP contribution is -2.37. The van der Waals surface area contributed by atoms with Crippen LogP contribution in [0.15, 0.2) is 24.3 Å². The van der Waals surface area contributed by atoms with Crippen LogP contribution in [0.5, 0.6) is 0 Å². The minimum Gasteiger partial charge on any atom is -0.393 e. The van der Waals surface area contributed by atoms with Crippen molar-refractivity contribution >= 4 is 0 Å². The molecule has 2 unspecified atom stereocenters. The summed E-state index contributed by atoms with van der Waals surface area (Å²) in [6.45, 7) is 0.690. The highest BCUT2D eigenvalue weighted by Gasteiger charge is 2.43. The summed E-state index contributed by atoms with van der Waals surface area (Å²) in [6.07, 6.45) is 3.48. The van der Waals surface area contributed by atoms with E-state index in [1.165, 1.54) is 11.1 Å². The van der Waals surface area contributed by atoms with Gasteiger partial charge in [-0.1, -0.05) is 24.3 Å². The van der Waals surface area contributed by atoms with Gasteiger partial charge in [0, 0.05) is 6.42 Å². The van der Waals surface area contributed by atoms with Crippen molar-refractivity contribution in [3.05, 3.63) is 35.4 Å². The lowest BCUT2D eigenvalue weighted by molar-refractivity contribution is -0.122. The fourth-order valence-electron chi connectivity index (χ4n) is 2.95. The molecule has 0 bridgehead atoms. The second-order valence-electron chi connectivity index (χ2n) is 4.65. The lowest BCUT2D eigenvalue weighted by atomic mass is 9.86. The van der Waals surface area contributed by atoms with Crippen LogP contribution in [0.3, 0.4) is 0 Å². The molecule has 1 saturated heterocycles. The van der Waals surface area contributed by atoms with Crippen LogP contribution in [0, 0.1) is 0 Å². The highest BCUT2D eigenvalue weighted by Crippen LogP contribution is 2.45. The Morgan fingerprint density at radius 1 is 1.33 bits per heavy atom. The molecule has 3 rings (SSSR count). The van der Waals surface area contributed by atoms with Crippen molar-refractivity contribution in [2.45, 2.75) is 37.4 Å². The molecule has 2 atom stereocenters. The molecule has 1 aromatic rings. The quantitative estimate of drug-likeness (QED) is 0.700. The summed E-state index contributed by atoms with van der Waals surface area (Å²) < 4.78 is 5.96. The van der Waals surface area contributed by atoms with Gasteiger partial charge < -0.3 is 9.84 Å². The van der Waals surface area contributed by atoms with Crippen LogP contribution in [0.25, 0.3) is 0 Å². The topological polar surface area (TPSA) is 29.5 Å². The molecule has 1 aromatic carbocycles. The van der Waals surface area contributed by atoms with Gasteiger partial charge in [-0.25, -0.2) is 0 Å². The first kappa shape index (κ1) is 9.37. The van der Waals surface area contributed by atoms with Crippen LogP contribution in [0.2, 0.25) is 0 Å². The summed E-state index contributed by atoms with van der Waals surface area (Å²) >= 11 is 0. The largest absolute Gasteiger partial charge is 0.393 e. The second-order valence-corrected chi connectivity index (χ2v) is 4.65. The number of aryl methyl sites for hydroxylation is 1. The number of rotatable bonds is 0. The molecule has 1 N–H and O–H groups in total. The molecule has 0 saturated carbocycles. The van der Waals surface area contributed by atoms with E-state index in [-0.39, 0.29) is 11.7 Å². The van der Waals surface area contributed by atoms with Gasteiger partial charge in [-0.3, -0.25) is 0 Å². The van der Waals surface area contributed by atoms with E-state index in [1.807, 2.05) is 0 Å². The minimum atomic E-state index is -0.190. The zero-order chi connectivity index (χ0) is 10.3. The molecular weight excluding hydrogens is 188 g/mol. The number of hydrogen-bond acceptors (Lipinski definition) is 2. The maximum Gasteiger partial charge on any atom is 0.0961 e. The highest BCUT2D eigenvalue weighted by atomic mass is 16.5. The fourth-order valence-corrected chi connectivity index (χ4v) is 2.95. The maximum atomic E-state index is 9.78. The van der Waals surface area contributed by atoms with Gasteiger partial charge in [0.2, 0.25) is 0 Å². The standard InChI is InChI=1S/C13H16O2/c14-11-6-8-15-13(9-11)7-5-10-3-1-2-4-12(10)13/h1-4,11,14H,5-9H2. The summed E-state index contributed by atoms with van der Waals surface area (Å²) in [5.74, 6) is 0. The first-order chi connectivity index (χ1) is 7.30. The molecule has 1 aliphatic carbocycles. The molecule has 1 aliphatic heterocycles. The zero-order valence-electron chi connectivity index (χ0n) is 8.78. The van der Waals surface area contributed by atoms with Crippen LogP contribution in [0.4, 0.5) is 0 Å². The number of ether oxygens (including phenoxy) is 1. The van der Waals surface area contributed by atoms with Crippen molar-refractivity contribution in [3.8, 4) is 0 Å². The Labute approximate surface area is 89.9 Å². The van der Waals surface area contributed by atoms with E-state index in [2.05, 4.69) is 24.3 Å². The molecule has 2 nitrogen and oxygen atoms in total. The Morgan fingerprint density at radius 2 is 2.20 bits per heavy atom. The van der Waals surface area contributed by atoms with E-state index in [4.69, 9.17) is 4.74 Å². The van der Waals surface area contributed by atoms with E-state index >= 15 is 0 Å². The average Bonchev–Trinajstić information content (AvgIpc) is 2.59. The van der Waals surface area contributed by atoms with Gasteiger partial charge in [-0.2, -0.15) is 0 Å². The predicted octanol–water partition coefficient (Wildman–Crippen LogP) is 2.00. The molecule has 1 fully saturated rings. The summed E-state index contributed by atoms with van der Waals surface area (Å²) in [5.41, 5.74) is 2.53.